The van der Waals surface area contributed by atoms with Gasteiger partial charge in [0, 0.05) is 6.42 Å². The molecule has 0 heterocycles. The van der Waals surface area contributed by atoms with E-state index in [9.17, 15) is 15.0 Å². The van der Waals surface area contributed by atoms with E-state index in [-0.39, 0.29) is 28.4 Å². The molecular formula is C29H47FO3. The molecule has 4 heteroatoms. The summed E-state index contributed by atoms with van der Waals surface area (Å²) >= 11 is 0. The van der Waals surface area contributed by atoms with Crippen molar-refractivity contribution in [2.75, 3.05) is 0 Å². The van der Waals surface area contributed by atoms with Crippen molar-refractivity contribution in [3.8, 4) is 0 Å². The van der Waals surface area contributed by atoms with Crippen molar-refractivity contribution in [3.63, 3.8) is 0 Å². The number of allylic oxidation sites excluding steroid dienone is 1. The summed E-state index contributed by atoms with van der Waals surface area (Å²) in [6, 6.07) is 0. The minimum absolute atomic E-state index is 0.0301. The Balaban J connectivity index is 1.56. The number of aliphatic hydroxyl groups is 2. The van der Waals surface area contributed by atoms with Gasteiger partial charge in [-0.1, -0.05) is 48.0 Å². The van der Waals surface area contributed by atoms with E-state index >= 15 is 4.39 Å². The third kappa shape index (κ3) is 3.96. The molecule has 4 aliphatic carbocycles. The van der Waals surface area contributed by atoms with Gasteiger partial charge in [-0.2, -0.15) is 0 Å². The monoisotopic (exact) mass is 462 g/mol. The Labute approximate surface area is 200 Å². The average Bonchev–Trinajstić information content (AvgIpc) is 3.11. The first-order valence-electron chi connectivity index (χ1n) is 13.7. The normalized spacial score (nSPS) is 44.4. The second kappa shape index (κ2) is 9.04. The SMILES string of the molecule is CC[C@@H](C(C)C)[C@H](O)[C@H](O)[C@H](C)[C@H]1CC[C@H]2[C@@H]3C[C@@H](F)C4=CC(=O)CC[C@]4(C)[C@H]3CC[C@]12C. The highest BCUT2D eigenvalue weighted by atomic mass is 19.1. The van der Waals surface area contributed by atoms with Crippen LogP contribution in [0, 0.1) is 52.3 Å². The molecule has 3 nitrogen and oxygen atoms in total. The van der Waals surface area contributed by atoms with Crippen molar-refractivity contribution in [1.29, 1.82) is 0 Å². The average molecular weight is 463 g/mol. The molecule has 4 rings (SSSR count). The molecule has 3 saturated carbocycles. The van der Waals surface area contributed by atoms with Gasteiger partial charge in [0.2, 0.25) is 0 Å². The number of hydrogen-bond donors (Lipinski definition) is 2. The molecule has 0 saturated heterocycles. The molecule has 0 radical (unpaired) electrons. The van der Waals surface area contributed by atoms with Gasteiger partial charge in [0.1, 0.15) is 6.17 Å². The number of carbonyl (C=O) groups excluding carboxylic acids is 1. The fraction of sp³-hybridized carbons (Fsp3) is 0.897. The van der Waals surface area contributed by atoms with Crippen LogP contribution in [0.25, 0.3) is 0 Å². The standard InChI is InChI=1S/C29H47FO3/c1-7-19(16(2)3)27(33)26(32)17(4)21-8-9-22-20-15-25(30)24-14-18(31)10-12-29(24,6)23(20)11-13-28(21,22)5/h14,16-17,19-23,25-27,32-33H,7-13,15H2,1-6H3/t17-,19+,20+,21-,22+,23+,25-,26-,27+,28-,29-/m1/s1. The summed E-state index contributed by atoms with van der Waals surface area (Å²) in [6.45, 7) is 13.1. The molecule has 0 unspecified atom stereocenters. The maximum Gasteiger partial charge on any atom is 0.155 e. The highest BCUT2D eigenvalue weighted by Gasteiger charge is 2.61. The maximum absolute atomic E-state index is 15.5. The summed E-state index contributed by atoms with van der Waals surface area (Å²) < 4.78 is 15.5. The van der Waals surface area contributed by atoms with Crippen LogP contribution in [0.1, 0.15) is 92.9 Å². The molecule has 11 atom stereocenters. The summed E-state index contributed by atoms with van der Waals surface area (Å²) in [5.41, 5.74) is 0.690. The van der Waals surface area contributed by atoms with Crippen LogP contribution >= 0.6 is 0 Å². The van der Waals surface area contributed by atoms with Gasteiger partial charge in [-0.3, -0.25) is 4.79 Å². The third-order valence-electron chi connectivity index (χ3n) is 11.3. The summed E-state index contributed by atoms with van der Waals surface area (Å²) in [4.78, 5) is 12.1. The van der Waals surface area contributed by atoms with Crippen molar-refractivity contribution in [1.82, 2.24) is 0 Å². The van der Waals surface area contributed by atoms with Crippen LogP contribution in [-0.2, 0) is 4.79 Å². The van der Waals surface area contributed by atoms with E-state index in [1.165, 1.54) is 0 Å². The fourth-order valence-corrected chi connectivity index (χ4v) is 9.37. The molecular weight excluding hydrogens is 415 g/mol. The van der Waals surface area contributed by atoms with E-state index in [1.54, 1.807) is 6.08 Å². The zero-order valence-corrected chi connectivity index (χ0v) is 21.7. The van der Waals surface area contributed by atoms with Gasteiger partial charge >= 0.3 is 0 Å². The summed E-state index contributed by atoms with van der Waals surface area (Å²) in [6.07, 6.45) is 6.34. The van der Waals surface area contributed by atoms with E-state index < -0.39 is 18.4 Å². The first-order valence-corrected chi connectivity index (χ1v) is 13.7. The van der Waals surface area contributed by atoms with Gasteiger partial charge in [0.25, 0.3) is 0 Å². The zero-order valence-electron chi connectivity index (χ0n) is 21.7. The van der Waals surface area contributed by atoms with E-state index in [0.29, 0.717) is 42.4 Å². The van der Waals surface area contributed by atoms with Crippen LogP contribution in [0.3, 0.4) is 0 Å². The molecule has 0 aromatic heterocycles. The van der Waals surface area contributed by atoms with Gasteiger partial charge in [0.05, 0.1) is 12.2 Å². The number of carbonyl (C=O) groups is 1. The highest BCUT2D eigenvalue weighted by molar-refractivity contribution is 5.91. The Kier molecular flexibility index (Phi) is 6.95. The maximum atomic E-state index is 15.5. The Hall–Kier alpha value is -0.740. The minimum Gasteiger partial charge on any atom is -0.390 e. The number of fused-ring (bicyclic) bond motifs is 5. The lowest BCUT2D eigenvalue weighted by atomic mass is 9.46. The van der Waals surface area contributed by atoms with Gasteiger partial charge in [-0.25, -0.2) is 4.39 Å². The van der Waals surface area contributed by atoms with Crippen molar-refractivity contribution < 1.29 is 19.4 Å². The van der Waals surface area contributed by atoms with Crippen molar-refractivity contribution in [2.45, 2.75) is 111 Å². The van der Waals surface area contributed by atoms with Gasteiger partial charge in [-0.05, 0) is 102 Å². The minimum atomic E-state index is -0.997. The molecule has 4 aliphatic rings. The molecule has 0 bridgehead atoms. The largest absolute Gasteiger partial charge is 0.390 e. The number of alkyl halides is 1. The lowest BCUT2D eigenvalue weighted by molar-refractivity contribution is -0.120. The quantitative estimate of drug-likeness (QED) is 0.500. The molecule has 0 aromatic rings. The topological polar surface area (TPSA) is 57.5 Å². The lowest BCUT2D eigenvalue weighted by Crippen LogP contribution is -2.54. The Morgan fingerprint density at radius 3 is 2.39 bits per heavy atom. The third-order valence-corrected chi connectivity index (χ3v) is 11.3. The van der Waals surface area contributed by atoms with E-state index in [0.717, 1.165) is 44.1 Å². The van der Waals surface area contributed by atoms with Crippen LogP contribution < -0.4 is 0 Å². The van der Waals surface area contributed by atoms with Crippen molar-refractivity contribution >= 4 is 5.78 Å². The van der Waals surface area contributed by atoms with Crippen LogP contribution in [-0.4, -0.2) is 34.4 Å². The molecule has 0 spiro atoms. The Morgan fingerprint density at radius 2 is 1.76 bits per heavy atom. The second-order valence-electron chi connectivity index (χ2n) is 12.9. The van der Waals surface area contributed by atoms with Crippen LogP contribution in [0.2, 0.25) is 0 Å². The van der Waals surface area contributed by atoms with Crippen LogP contribution in [0.5, 0.6) is 0 Å². The Bertz CT molecular complexity index is 777. The van der Waals surface area contributed by atoms with Gasteiger partial charge < -0.3 is 10.2 Å². The van der Waals surface area contributed by atoms with Crippen LogP contribution in [0.4, 0.5) is 4.39 Å². The zero-order chi connectivity index (χ0) is 24.3. The van der Waals surface area contributed by atoms with E-state index in [2.05, 4.69) is 41.5 Å². The fourth-order valence-electron chi connectivity index (χ4n) is 9.37. The van der Waals surface area contributed by atoms with Gasteiger partial charge in [-0.15, -0.1) is 0 Å². The predicted molar refractivity (Wildman–Crippen MR) is 130 cm³/mol. The summed E-state index contributed by atoms with van der Waals surface area (Å²) in [5, 5.41) is 22.3. The molecule has 188 valence electrons. The second-order valence-corrected chi connectivity index (χ2v) is 12.9. The first kappa shape index (κ1) is 25.4. The van der Waals surface area contributed by atoms with Crippen LogP contribution in [0.15, 0.2) is 11.6 Å². The van der Waals surface area contributed by atoms with E-state index in [1.807, 2.05) is 0 Å². The Morgan fingerprint density at radius 1 is 1.06 bits per heavy atom. The number of hydrogen-bond acceptors (Lipinski definition) is 3. The van der Waals surface area contributed by atoms with Crippen molar-refractivity contribution in [2.24, 2.45) is 52.3 Å². The molecule has 0 aromatic carbocycles. The van der Waals surface area contributed by atoms with Crippen molar-refractivity contribution in [3.05, 3.63) is 11.6 Å². The number of ketones is 1. The van der Waals surface area contributed by atoms with Gasteiger partial charge in [0.15, 0.2) is 5.78 Å². The van der Waals surface area contributed by atoms with E-state index in [4.69, 9.17) is 0 Å². The molecule has 2 N–H and O–H groups in total. The predicted octanol–water partition coefficient (Wildman–Crippen LogP) is 6.12. The molecule has 0 aliphatic heterocycles. The molecule has 33 heavy (non-hydrogen) atoms. The number of aliphatic hydroxyl groups excluding tert-OH is 2. The summed E-state index contributed by atoms with van der Waals surface area (Å²) in [7, 11) is 0. The lowest BCUT2D eigenvalue weighted by Gasteiger charge is -2.59. The highest BCUT2D eigenvalue weighted by Crippen LogP contribution is 2.68. The molecule has 3 fully saturated rings. The summed E-state index contributed by atoms with van der Waals surface area (Å²) in [5.74, 6) is 2.20. The smallest absolute Gasteiger partial charge is 0.155 e. The number of rotatable bonds is 6. The number of halogens is 1. The first-order chi connectivity index (χ1) is 15.5. The molecule has 0 amide bonds.